The van der Waals surface area contributed by atoms with Gasteiger partial charge >= 0.3 is 7.60 Å². The van der Waals surface area contributed by atoms with E-state index in [-0.39, 0.29) is 0 Å². The number of benzene rings is 2. The van der Waals surface area contributed by atoms with Crippen LogP contribution in [-0.2, 0) is 4.57 Å². The van der Waals surface area contributed by atoms with E-state index < -0.39 is 7.60 Å². The summed E-state index contributed by atoms with van der Waals surface area (Å²) in [5.41, 5.74) is 1.82. The molecular weight excluding hydrogens is 275 g/mol. The third kappa shape index (κ3) is 3.58. The topological polar surface area (TPSA) is 66.8 Å². The second-order valence-electron chi connectivity index (χ2n) is 4.20. The lowest BCUT2D eigenvalue weighted by molar-refractivity contribution is 0.386. The molecule has 4 nitrogen and oxygen atoms in total. The largest absolute Gasteiger partial charge is 0.496 e. The highest BCUT2D eigenvalue weighted by molar-refractivity contribution is 7.55. The first-order chi connectivity index (χ1) is 9.51. The highest BCUT2D eigenvalue weighted by Gasteiger charge is 2.16. The predicted molar refractivity (Wildman–Crippen MR) is 78.6 cm³/mol. The lowest BCUT2D eigenvalue weighted by Gasteiger charge is -2.13. The van der Waals surface area contributed by atoms with Gasteiger partial charge in [-0.3, -0.25) is 4.57 Å². The first-order valence-electron chi connectivity index (χ1n) is 5.98. The number of rotatable bonds is 4. The lowest BCUT2D eigenvalue weighted by Crippen LogP contribution is -1.93. The Balaban J connectivity index is 2.65. The summed E-state index contributed by atoms with van der Waals surface area (Å²) in [5, 5.41) is 0. The van der Waals surface area contributed by atoms with E-state index in [0.29, 0.717) is 16.9 Å². The molecule has 0 heterocycles. The SMILES string of the molecule is COc1ccccc1/C(=C/P(=O)(O)O)c1ccccc1. The van der Waals surface area contributed by atoms with Crippen LogP contribution < -0.4 is 4.74 Å². The summed E-state index contributed by atoms with van der Waals surface area (Å²) in [5.74, 6) is 1.54. The van der Waals surface area contributed by atoms with Gasteiger partial charge in [0.05, 0.1) is 7.11 Å². The van der Waals surface area contributed by atoms with Gasteiger partial charge in [-0.2, -0.15) is 0 Å². The van der Waals surface area contributed by atoms with E-state index >= 15 is 0 Å². The lowest BCUT2D eigenvalue weighted by atomic mass is 9.99. The van der Waals surface area contributed by atoms with Gasteiger partial charge in [-0.1, -0.05) is 48.5 Å². The smallest absolute Gasteiger partial charge is 0.349 e. The Kier molecular flexibility index (Phi) is 4.40. The Morgan fingerprint density at radius 3 is 2.25 bits per heavy atom. The average Bonchev–Trinajstić information content (AvgIpc) is 2.45. The fourth-order valence-corrected chi connectivity index (χ4v) is 2.58. The Morgan fingerprint density at radius 1 is 1.05 bits per heavy atom. The summed E-state index contributed by atoms with van der Waals surface area (Å²) in [6, 6.07) is 16.2. The molecule has 0 aliphatic heterocycles. The Bertz CT molecular complexity index is 659. The molecule has 2 aromatic carbocycles. The molecule has 2 rings (SSSR count). The minimum absolute atomic E-state index is 0.455. The summed E-state index contributed by atoms with van der Waals surface area (Å²) in [6.45, 7) is 0. The van der Waals surface area contributed by atoms with E-state index in [2.05, 4.69) is 0 Å². The van der Waals surface area contributed by atoms with Crippen molar-refractivity contribution in [2.45, 2.75) is 0 Å². The van der Waals surface area contributed by atoms with Gasteiger partial charge in [0.15, 0.2) is 0 Å². The summed E-state index contributed by atoms with van der Waals surface area (Å²) >= 11 is 0. The monoisotopic (exact) mass is 290 g/mol. The zero-order valence-corrected chi connectivity index (χ0v) is 11.8. The second kappa shape index (κ2) is 6.06. The molecule has 0 bridgehead atoms. The maximum atomic E-state index is 11.4. The molecule has 0 aromatic heterocycles. The molecule has 104 valence electrons. The van der Waals surface area contributed by atoms with E-state index in [1.54, 1.807) is 30.3 Å². The fraction of sp³-hybridized carbons (Fsp3) is 0.0667. The summed E-state index contributed by atoms with van der Waals surface area (Å²) in [6.07, 6.45) is 0. The fourth-order valence-electron chi connectivity index (χ4n) is 1.95. The Labute approximate surface area is 117 Å². The van der Waals surface area contributed by atoms with Crippen LogP contribution in [0.1, 0.15) is 11.1 Å². The van der Waals surface area contributed by atoms with Crippen LogP contribution in [0.15, 0.2) is 60.4 Å². The van der Waals surface area contributed by atoms with Gasteiger partial charge in [0.25, 0.3) is 0 Å². The van der Waals surface area contributed by atoms with Crippen molar-refractivity contribution in [2.24, 2.45) is 0 Å². The minimum Gasteiger partial charge on any atom is -0.496 e. The van der Waals surface area contributed by atoms with Gasteiger partial charge in [-0.15, -0.1) is 0 Å². The molecule has 0 amide bonds. The Hall–Kier alpha value is -1.87. The number of hydrogen-bond donors (Lipinski definition) is 2. The van der Waals surface area contributed by atoms with Crippen LogP contribution in [0.25, 0.3) is 5.57 Å². The zero-order chi connectivity index (χ0) is 14.6. The van der Waals surface area contributed by atoms with Crippen LogP contribution in [0.3, 0.4) is 0 Å². The van der Waals surface area contributed by atoms with Gasteiger partial charge in [0, 0.05) is 17.0 Å². The van der Waals surface area contributed by atoms with Crippen LogP contribution in [0, 0.1) is 0 Å². The summed E-state index contributed by atoms with van der Waals surface area (Å²) in [7, 11) is -2.77. The molecule has 0 unspecified atom stereocenters. The van der Waals surface area contributed by atoms with Crippen molar-refractivity contribution < 1.29 is 19.1 Å². The van der Waals surface area contributed by atoms with Gasteiger partial charge in [-0.25, -0.2) is 0 Å². The maximum absolute atomic E-state index is 11.4. The maximum Gasteiger partial charge on any atom is 0.349 e. The standard InChI is InChI=1S/C15H15O4P/c1-19-15-10-6-5-9-13(15)14(11-20(16,17)18)12-7-3-2-4-8-12/h2-11H,1H3,(H2,16,17,18)/b14-11+. The second-order valence-corrected chi connectivity index (χ2v) is 5.63. The van der Waals surface area contributed by atoms with Crippen molar-refractivity contribution in [3.63, 3.8) is 0 Å². The van der Waals surface area contributed by atoms with Crippen LogP contribution in [0.2, 0.25) is 0 Å². The predicted octanol–water partition coefficient (Wildman–Crippen LogP) is 3.26. The molecule has 0 atom stereocenters. The van der Waals surface area contributed by atoms with Crippen molar-refractivity contribution in [2.75, 3.05) is 7.11 Å². The first kappa shape index (κ1) is 14.5. The first-order valence-corrected chi connectivity index (χ1v) is 7.66. The Morgan fingerprint density at radius 2 is 1.65 bits per heavy atom. The molecule has 0 fully saturated rings. The van der Waals surface area contributed by atoms with E-state index in [9.17, 15) is 14.4 Å². The molecule has 2 aromatic rings. The van der Waals surface area contributed by atoms with Crippen LogP contribution >= 0.6 is 7.60 Å². The van der Waals surface area contributed by atoms with Gasteiger partial charge in [0.1, 0.15) is 5.75 Å². The van der Waals surface area contributed by atoms with E-state index in [4.69, 9.17) is 4.74 Å². The molecule has 5 heteroatoms. The van der Waals surface area contributed by atoms with Crippen LogP contribution in [0.5, 0.6) is 5.75 Å². The van der Waals surface area contributed by atoms with Crippen molar-refractivity contribution >= 4 is 13.2 Å². The van der Waals surface area contributed by atoms with Crippen molar-refractivity contribution in [3.05, 3.63) is 71.5 Å². The van der Waals surface area contributed by atoms with Crippen molar-refractivity contribution in [1.82, 2.24) is 0 Å². The van der Waals surface area contributed by atoms with E-state index in [1.807, 2.05) is 24.3 Å². The third-order valence-electron chi connectivity index (χ3n) is 2.78. The molecule has 0 aliphatic rings. The van der Waals surface area contributed by atoms with E-state index in [1.165, 1.54) is 7.11 Å². The van der Waals surface area contributed by atoms with Gasteiger partial charge in [0.2, 0.25) is 0 Å². The third-order valence-corrected chi connectivity index (χ3v) is 3.37. The molecule has 0 saturated carbocycles. The molecular formula is C15H15O4P. The number of methoxy groups -OCH3 is 1. The van der Waals surface area contributed by atoms with Crippen molar-refractivity contribution in [1.29, 1.82) is 0 Å². The highest BCUT2D eigenvalue weighted by Crippen LogP contribution is 2.43. The summed E-state index contributed by atoms with van der Waals surface area (Å²) in [4.78, 5) is 18.5. The number of para-hydroxylation sites is 1. The van der Waals surface area contributed by atoms with Crippen molar-refractivity contribution in [3.8, 4) is 5.75 Å². The van der Waals surface area contributed by atoms with E-state index in [0.717, 1.165) is 11.4 Å². The van der Waals surface area contributed by atoms with Crippen LogP contribution in [0.4, 0.5) is 0 Å². The minimum atomic E-state index is -4.30. The van der Waals surface area contributed by atoms with Crippen LogP contribution in [-0.4, -0.2) is 16.9 Å². The molecule has 0 aliphatic carbocycles. The quantitative estimate of drug-likeness (QED) is 0.848. The molecule has 20 heavy (non-hydrogen) atoms. The normalized spacial score (nSPS) is 12.2. The molecule has 2 N–H and O–H groups in total. The molecule has 0 saturated heterocycles. The molecule has 0 spiro atoms. The average molecular weight is 290 g/mol. The zero-order valence-electron chi connectivity index (χ0n) is 10.9. The number of ether oxygens (including phenoxy) is 1. The number of hydrogen-bond acceptors (Lipinski definition) is 2. The molecule has 0 radical (unpaired) electrons. The van der Waals surface area contributed by atoms with Gasteiger partial charge < -0.3 is 14.5 Å². The highest BCUT2D eigenvalue weighted by atomic mass is 31.2. The summed E-state index contributed by atoms with van der Waals surface area (Å²) < 4.78 is 16.6. The van der Waals surface area contributed by atoms with Gasteiger partial charge in [-0.05, 0) is 11.6 Å².